The predicted octanol–water partition coefficient (Wildman–Crippen LogP) is 3.05. The smallest absolute Gasteiger partial charge is 0.265 e. The van der Waals surface area contributed by atoms with E-state index in [0.717, 1.165) is 6.32 Å². The van der Waals surface area contributed by atoms with E-state index in [4.69, 9.17) is 22.9 Å². The predicted molar refractivity (Wildman–Crippen MR) is 52.2 cm³/mol. The molecule has 0 saturated carbocycles. The van der Waals surface area contributed by atoms with Crippen LogP contribution in [0.1, 0.15) is 6.92 Å². The Bertz CT molecular complexity index is 131. The van der Waals surface area contributed by atoms with Crippen LogP contribution in [0.5, 0.6) is 0 Å². The van der Waals surface area contributed by atoms with Crippen LogP contribution in [0, 0.1) is 0 Å². The number of pyridine rings is 1. The second kappa shape index (κ2) is 7.90. The van der Waals surface area contributed by atoms with E-state index in [-0.39, 0.29) is 5.54 Å². The van der Waals surface area contributed by atoms with Crippen molar-refractivity contribution in [1.29, 1.82) is 0 Å². The zero-order chi connectivity index (χ0) is 8.53. The average molecular weight is 190 g/mol. The van der Waals surface area contributed by atoms with Crippen molar-refractivity contribution in [1.82, 2.24) is 4.98 Å². The molecule has 0 aliphatic rings. The molecule has 4 heteroatoms. The lowest BCUT2D eigenvalue weighted by Crippen LogP contribution is -1.83. The van der Waals surface area contributed by atoms with Crippen LogP contribution in [-0.2, 0) is 0 Å². The summed E-state index contributed by atoms with van der Waals surface area (Å²) in [4.78, 5) is 3.78. The van der Waals surface area contributed by atoms with Gasteiger partial charge in [-0.25, -0.2) is 0 Å². The summed E-state index contributed by atoms with van der Waals surface area (Å²) in [5, 5.41) is 0. The van der Waals surface area contributed by atoms with Crippen molar-refractivity contribution < 1.29 is 0 Å². The fourth-order valence-electron chi connectivity index (χ4n) is 0.313. The highest BCUT2D eigenvalue weighted by molar-refractivity contribution is 7.33. The third-order valence-electron chi connectivity index (χ3n) is 0.875. The van der Waals surface area contributed by atoms with Gasteiger partial charge in [-0.15, -0.1) is 0 Å². The largest absolute Gasteiger partial charge is 0.351 e. The van der Waals surface area contributed by atoms with Crippen molar-refractivity contribution in [2.45, 2.75) is 13.2 Å². The minimum absolute atomic E-state index is 0.171. The van der Waals surface area contributed by atoms with Crippen LogP contribution in [0.3, 0.4) is 0 Å². The van der Waals surface area contributed by atoms with E-state index in [0.29, 0.717) is 0 Å². The van der Waals surface area contributed by atoms with Gasteiger partial charge in [-0.2, -0.15) is 22.9 Å². The Kier molecular flexibility index (Phi) is 7.75. The first kappa shape index (κ1) is 10.8. The van der Waals surface area contributed by atoms with Gasteiger partial charge in [0.2, 0.25) is 0 Å². The van der Waals surface area contributed by atoms with E-state index in [9.17, 15) is 0 Å². The SMILES string of the molecule is CCB(Cl)Cl.c1ccncc1. The zero-order valence-corrected chi connectivity index (χ0v) is 7.89. The highest BCUT2D eigenvalue weighted by atomic mass is 35.5. The molecule has 1 nitrogen and oxygen atoms in total. The van der Waals surface area contributed by atoms with Crippen LogP contribution in [0.25, 0.3) is 0 Å². The van der Waals surface area contributed by atoms with Crippen LogP contribution in [0.4, 0.5) is 0 Å². The Labute approximate surface area is 77.6 Å². The molecule has 0 spiro atoms. The second-order valence-corrected chi connectivity index (χ2v) is 3.10. The molecule has 0 aliphatic heterocycles. The van der Waals surface area contributed by atoms with E-state index >= 15 is 0 Å². The van der Waals surface area contributed by atoms with E-state index in [1.165, 1.54) is 0 Å². The molecule has 0 aliphatic carbocycles. The van der Waals surface area contributed by atoms with Gasteiger partial charge >= 0.3 is 5.54 Å². The van der Waals surface area contributed by atoms with Gasteiger partial charge in [-0.1, -0.05) is 13.0 Å². The quantitative estimate of drug-likeness (QED) is 0.620. The van der Waals surface area contributed by atoms with Gasteiger partial charge in [0.05, 0.1) is 0 Å². The maximum absolute atomic E-state index is 5.23. The van der Waals surface area contributed by atoms with Crippen LogP contribution in [-0.4, -0.2) is 10.5 Å². The van der Waals surface area contributed by atoms with Gasteiger partial charge in [-0.3, -0.25) is 4.98 Å². The summed E-state index contributed by atoms with van der Waals surface area (Å²) in [6.07, 6.45) is 4.34. The average Bonchev–Trinajstić information content (AvgIpc) is 2.09. The fourth-order valence-corrected chi connectivity index (χ4v) is 0.313. The molecule has 0 fully saturated rings. The molecule has 1 aromatic rings. The summed E-state index contributed by atoms with van der Waals surface area (Å²) in [6, 6.07) is 5.72. The lowest BCUT2D eigenvalue weighted by atomic mass is 10.0. The molecule has 0 bridgehead atoms. The van der Waals surface area contributed by atoms with Crippen molar-refractivity contribution in [2.75, 3.05) is 0 Å². The number of rotatable bonds is 1. The molecule has 0 radical (unpaired) electrons. The summed E-state index contributed by atoms with van der Waals surface area (Å²) in [5.41, 5.74) is -0.171. The maximum Gasteiger partial charge on any atom is 0.351 e. The molecule has 0 atom stereocenters. The van der Waals surface area contributed by atoms with Gasteiger partial charge in [0.25, 0.3) is 0 Å². The molecule has 0 N–H and O–H groups in total. The third kappa shape index (κ3) is 9.79. The van der Waals surface area contributed by atoms with Crippen molar-refractivity contribution in [2.24, 2.45) is 0 Å². The first-order valence-electron chi connectivity index (χ1n) is 3.40. The molecule has 1 rings (SSSR count). The summed E-state index contributed by atoms with van der Waals surface area (Å²) in [5.74, 6) is 0. The Morgan fingerprint density at radius 2 is 1.64 bits per heavy atom. The highest BCUT2D eigenvalue weighted by Gasteiger charge is 1.96. The molecule has 0 aromatic carbocycles. The summed E-state index contributed by atoms with van der Waals surface area (Å²) in [6.45, 7) is 1.94. The topological polar surface area (TPSA) is 12.9 Å². The molecule has 0 amide bonds. The van der Waals surface area contributed by atoms with Crippen LogP contribution in [0.15, 0.2) is 30.6 Å². The van der Waals surface area contributed by atoms with E-state index in [1.54, 1.807) is 12.4 Å². The van der Waals surface area contributed by atoms with Crippen molar-refractivity contribution in [3.8, 4) is 0 Å². The normalized spacial score (nSPS) is 7.91. The van der Waals surface area contributed by atoms with Crippen LogP contribution < -0.4 is 0 Å². The van der Waals surface area contributed by atoms with Gasteiger partial charge in [0.15, 0.2) is 0 Å². The monoisotopic (exact) mass is 189 g/mol. The second-order valence-electron chi connectivity index (χ2n) is 1.82. The minimum atomic E-state index is -0.171. The number of aromatic nitrogens is 1. The summed E-state index contributed by atoms with van der Waals surface area (Å²) in [7, 11) is 0. The Hall–Kier alpha value is -0.205. The maximum atomic E-state index is 5.23. The zero-order valence-electron chi connectivity index (χ0n) is 6.37. The molecule has 1 aromatic heterocycles. The number of hydrogen-bond acceptors (Lipinski definition) is 1. The molecule has 0 unspecified atom stereocenters. The van der Waals surface area contributed by atoms with Gasteiger partial charge < -0.3 is 0 Å². The van der Waals surface area contributed by atoms with E-state index in [1.807, 2.05) is 25.1 Å². The number of nitrogens with zero attached hydrogens (tertiary/aromatic N) is 1. The number of hydrogen-bond donors (Lipinski definition) is 0. The van der Waals surface area contributed by atoms with Crippen LogP contribution >= 0.6 is 22.9 Å². The van der Waals surface area contributed by atoms with Crippen molar-refractivity contribution >= 4 is 28.5 Å². The van der Waals surface area contributed by atoms with Crippen LogP contribution in [0.2, 0.25) is 6.32 Å². The Morgan fingerprint density at radius 1 is 1.18 bits per heavy atom. The Balaban J connectivity index is 0.000000187. The molecule has 11 heavy (non-hydrogen) atoms. The Morgan fingerprint density at radius 3 is 1.73 bits per heavy atom. The fraction of sp³-hybridized carbons (Fsp3) is 0.286. The summed E-state index contributed by atoms with van der Waals surface area (Å²) >= 11 is 10.5. The first-order chi connectivity index (χ1) is 5.27. The van der Waals surface area contributed by atoms with Gasteiger partial charge in [0, 0.05) is 12.4 Å². The third-order valence-corrected chi connectivity index (χ3v) is 1.49. The minimum Gasteiger partial charge on any atom is -0.265 e. The van der Waals surface area contributed by atoms with Crippen molar-refractivity contribution in [3.63, 3.8) is 0 Å². The molecular formula is C7H10BCl2N. The van der Waals surface area contributed by atoms with Gasteiger partial charge in [0.1, 0.15) is 0 Å². The van der Waals surface area contributed by atoms with E-state index in [2.05, 4.69) is 4.98 Å². The molecule has 1 heterocycles. The van der Waals surface area contributed by atoms with E-state index < -0.39 is 0 Å². The van der Waals surface area contributed by atoms with Crippen molar-refractivity contribution in [3.05, 3.63) is 30.6 Å². The standard InChI is InChI=1S/C5H5N.C2H5BCl2/c1-2-4-6-5-3-1;1-2-3(4)5/h1-5H;2H2,1H3. The number of halogens is 2. The molecule has 60 valence electrons. The van der Waals surface area contributed by atoms with Gasteiger partial charge in [-0.05, 0) is 18.5 Å². The molecular weight excluding hydrogens is 180 g/mol. The molecule has 0 saturated heterocycles. The first-order valence-corrected chi connectivity index (χ1v) is 4.27. The lowest BCUT2D eigenvalue weighted by molar-refractivity contribution is 1.33. The summed E-state index contributed by atoms with van der Waals surface area (Å²) < 4.78 is 0. The highest BCUT2D eigenvalue weighted by Crippen LogP contribution is 1.98. The lowest BCUT2D eigenvalue weighted by Gasteiger charge is -1.77.